The van der Waals surface area contributed by atoms with E-state index in [-0.39, 0.29) is 4.90 Å². The maximum Gasteiger partial charge on any atom is 0.261 e. The van der Waals surface area contributed by atoms with Gasteiger partial charge in [0.05, 0.1) is 16.8 Å². The van der Waals surface area contributed by atoms with E-state index in [1.165, 1.54) is 10.9 Å². The summed E-state index contributed by atoms with van der Waals surface area (Å²) in [4.78, 5) is 0.233. The van der Waals surface area contributed by atoms with Crippen LogP contribution in [0, 0.1) is 0 Å². The molecular weight excluding hydrogens is 264 g/mol. The van der Waals surface area contributed by atoms with Gasteiger partial charge in [0.25, 0.3) is 10.0 Å². The first-order chi connectivity index (χ1) is 9.01. The molecule has 6 nitrogen and oxygen atoms in total. The Bertz CT molecular complexity index is 647. The van der Waals surface area contributed by atoms with Crippen LogP contribution in [0.3, 0.4) is 0 Å². The molecule has 0 bridgehead atoms. The molecular formula is C12H16N4O2S. The lowest BCUT2D eigenvalue weighted by molar-refractivity contribution is 0.601. The highest BCUT2D eigenvalue weighted by atomic mass is 32.2. The molecule has 2 N–H and O–H groups in total. The molecule has 2 rings (SSSR count). The van der Waals surface area contributed by atoms with Gasteiger partial charge in [0.15, 0.2) is 0 Å². The molecule has 0 saturated carbocycles. The van der Waals surface area contributed by atoms with Gasteiger partial charge in [-0.1, -0.05) is 12.1 Å². The zero-order valence-electron chi connectivity index (χ0n) is 10.8. The summed E-state index contributed by atoms with van der Waals surface area (Å²) >= 11 is 0. The van der Waals surface area contributed by atoms with Gasteiger partial charge in [-0.3, -0.25) is 9.40 Å². The van der Waals surface area contributed by atoms with E-state index in [1.807, 2.05) is 7.05 Å². The van der Waals surface area contributed by atoms with Gasteiger partial charge in [0.1, 0.15) is 0 Å². The molecule has 1 aromatic heterocycles. The molecule has 0 atom stereocenters. The van der Waals surface area contributed by atoms with Gasteiger partial charge in [-0.2, -0.15) is 5.10 Å². The highest BCUT2D eigenvalue weighted by Gasteiger charge is 2.14. The van der Waals surface area contributed by atoms with E-state index < -0.39 is 10.0 Å². The third-order valence-corrected chi connectivity index (χ3v) is 3.97. The highest BCUT2D eigenvalue weighted by molar-refractivity contribution is 7.92. The molecule has 0 aliphatic rings. The van der Waals surface area contributed by atoms with Crippen molar-refractivity contribution < 1.29 is 8.42 Å². The topological polar surface area (TPSA) is 76.0 Å². The summed E-state index contributed by atoms with van der Waals surface area (Å²) in [6, 6.07) is 6.75. The quantitative estimate of drug-likeness (QED) is 0.854. The van der Waals surface area contributed by atoms with E-state index in [1.54, 1.807) is 37.5 Å². The average Bonchev–Trinajstić information content (AvgIpc) is 2.75. The number of hydrogen-bond donors (Lipinski definition) is 2. The fourth-order valence-electron chi connectivity index (χ4n) is 1.68. The van der Waals surface area contributed by atoms with Crippen LogP contribution in [-0.2, 0) is 23.6 Å². The predicted octanol–water partition coefficient (Wildman–Crippen LogP) is 0.940. The Morgan fingerprint density at radius 2 is 1.95 bits per heavy atom. The summed E-state index contributed by atoms with van der Waals surface area (Å²) in [6.07, 6.45) is 3.07. The first-order valence-corrected chi connectivity index (χ1v) is 7.24. The third kappa shape index (κ3) is 3.33. The SMILES string of the molecule is CNCc1ccc(S(=O)(=O)Nc2cnn(C)c2)cc1. The highest BCUT2D eigenvalue weighted by Crippen LogP contribution is 2.15. The van der Waals surface area contributed by atoms with Crippen molar-refractivity contribution in [3.05, 3.63) is 42.2 Å². The van der Waals surface area contributed by atoms with E-state index in [2.05, 4.69) is 15.1 Å². The van der Waals surface area contributed by atoms with Gasteiger partial charge in [-0.15, -0.1) is 0 Å². The summed E-state index contributed by atoms with van der Waals surface area (Å²) < 4.78 is 28.2. The number of benzene rings is 1. The molecule has 0 aliphatic carbocycles. The van der Waals surface area contributed by atoms with Crippen LogP contribution >= 0.6 is 0 Å². The number of sulfonamides is 1. The molecule has 0 fully saturated rings. The van der Waals surface area contributed by atoms with Crippen LogP contribution in [0.25, 0.3) is 0 Å². The molecule has 0 saturated heterocycles. The molecule has 0 spiro atoms. The molecule has 0 unspecified atom stereocenters. The smallest absolute Gasteiger partial charge is 0.261 e. The standard InChI is InChI=1S/C12H16N4O2S/c1-13-7-10-3-5-12(6-4-10)19(17,18)15-11-8-14-16(2)9-11/h3-6,8-9,13,15H,7H2,1-2H3. The first kappa shape index (κ1) is 13.6. The van der Waals surface area contributed by atoms with Crippen LogP contribution < -0.4 is 10.0 Å². The number of anilines is 1. The molecule has 1 aromatic carbocycles. The number of aromatic nitrogens is 2. The maximum atomic E-state index is 12.1. The summed E-state index contributed by atoms with van der Waals surface area (Å²) in [7, 11) is 0.0130. The van der Waals surface area contributed by atoms with Crippen LogP contribution in [0.5, 0.6) is 0 Å². The normalized spacial score (nSPS) is 11.5. The number of rotatable bonds is 5. The molecule has 0 amide bonds. The van der Waals surface area contributed by atoms with Crippen LogP contribution in [0.1, 0.15) is 5.56 Å². The maximum absolute atomic E-state index is 12.1. The van der Waals surface area contributed by atoms with E-state index in [0.29, 0.717) is 12.2 Å². The lowest BCUT2D eigenvalue weighted by Crippen LogP contribution is -2.13. The molecule has 102 valence electrons. The van der Waals surface area contributed by atoms with Gasteiger partial charge in [0, 0.05) is 19.8 Å². The predicted molar refractivity (Wildman–Crippen MR) is 73.2 cm³/mol. The zero-order valence-corrected chi connectivity index (χ0v) is 11.6. The molecule has 7 heteroatoms. The Morgan fingerprint density at radius 1 is 1.26 bits per heavy atom. The largest absolute Gasteiger partial charge is 0.316 e. The van der Waals surface area contributed by atoms with Gasteiger partial charge >= 0.3 is 0 Å². The first-order valence-electron chi connectivity index (χ1n) is 5.76. The third-order valence-electron chi connectivity index (χ3n) is 2.57. The Balaban J connectivity index is 2.19. The van der Waals surface area contributed by atoms with Gasteiger partial charge in [-0.25, -0.2) is 8.42 Å². The van der Waals surface area contributed by atoms with E-state index in [0.717, 1.165) is 5.56 Å². The Kier molecular flexibility index (Phi) is 3.87. The Labute approximate surface area is 112 Å². The minimum Gasteiger partial charge on any atom is -0.316 e. The fraction of sp³-hybridized carbons (Fsp3) is 0.250. The van der Waals surface area contributed by atoms with Crippen molar-refractivity contribution in [1.82, 2.24) is 15.1 Å². The monoisotopic (exact) mass is 280 g/mol. The van der Waals surface area contributed by atoms with Crippen molar-refractivity contribution in [2.75, 3.05) is 11.8 Å². The van der Waals surface area contributed by atoms with Crippen LogP contribution in [-0.4, -0.2) is 25.2 Å². The van der Waals surface area contributed by atoms with E-state index in [4.69, 9.17) is 0 Å². The zero-order chi connectivity index (χ0) is 13.9. The fourth-order valence-corrected chi connectivity index (χ4v) is 2.71. The second kappa shape index (κ2) is 5.41. The van der Waals surface area contributed by atoms with Crippen molar-refractivity contribution in [2.45, 2.75) is 11.4 Å². The second-order valence-corrected chi connectivity index (χ2v) is 5.86. The van der Waals surface area contributed by atoms with Crippen molar-refractivity contribution in [2.24, 2.45) is 7.05 Å². The van der Waals surface area contributed by atoms with E-state index >= 15 is 0 Å². The minimum atomic E-state index is -3.56. The molecule has 0 radical (unpaired) electrons. The van der Waals surface area contributed by atoms with Gasteiger partial charge in [-0.05, 0) is 24.7 Å². The molecule has 19 heavy (non-hydrogen) atoms. The second-order valence-electron chi connectivity index (χ2n) is 4.18. The summed E-state index contributed by atoms with van der Waals surface area (Å²) in [5.74, 6) is 0. The minimum absolute atomic E-state index is 0.233. The summed E-state index contributed by atoms with van der Waals surface area (Å²) in [5.41, 5.74) is 1.48. The van der Waals surface area contributed by atoms with Crippen molar-refractivity contribution >= 4 is 15.7 Å². The summed E-state index contributed by atoms with van der Waals surface area (Å²) in [6.45, 7) is 0.705. The lowest BCUT2D eigenvalue weighted by Gasteiger charge is -2.06. The number of hydrogen-bond acceptors (Lipinski definition) is 4. The Hall–Kier alpha value is -1.86. The van der Waals surface area contributed by atoms with Gasteiger partial charge < -0.3 is 5.32 Å². The van der Waals surface area contributed by atoms with E-state index in [9.17, 15) is 8.42 Å². The number of nitrogens with zero attached hydrogens (tertiary/aromatic N) is 2. The molecule has 0 aliphatic heterocycles. The lowest BCUT2D eigenvalue weighted by atomic mass is 10.2. The van der Waals surface area contributed by atoms with Gasteiger partial charge in [0.2, 0.25) is 0 Å². The van der Waals surface area contributed by atoms with Crippen molar-refractivity contribution in [3.63, 3.8) is 0 Å². The summed E-state index contributed by atoms with van der Waals surface area (Å²) in [5, 5.41) is 6.92. The van der Waals surface area contributed by atoms with Crippen molar-refractivity contribution in [1.29, 1.82) is 0 Å². The molecule has 2 aromatic rings. The van der Waals surface area contributed by atoms with Crippen LogP contribution in [0.2, 0.25) is 0 Å². The number of nitrogens with one attached hydrogen (secondary N) is 2. The molecule has 1 heterocycles. The van der Waals surface area contributed by atoms with Crippen LogP contribution in [0.4, 0.5) is 5.69 Å². The average molecular weight is 280 g/mol. The van der Waals surface area contributed by atoms with Crippen molar-refractivity contribution in [3.8, 4) is 0 Å². The Morgan fingerprint density at radius 3 is 2.47 bits per heavy atom. The number of aryl methyl sites for hydroxylation is 1. The van der Waals surface area contributed by atoms with Crippen LogP contribution in [0.15, 0.2) is 41.6 Å².